The fourth-order valence-electron chi connectivity index (χ4n) is 2.20. The molecule has 19 heavy (non-hydrogen) atoms. The van der Waals surface area contributed by atoms with Crippen LogP contribution in [0, 0.1) is 4.32 Å². The number of nitrogens with zero attached hydrogens (tertiary/aromatic N) is 1. The number of aromatic nitrogens is 2. The molecule has 0 bridgehead atoms. The second-order valence-corrected chi connectivity index (χ2v) is 5.11. The summed E-state index contributed by atoms with van der Waals surface area (Å²) in [6.45, 7) is -0.597. The number of aliphatic hydroxyl groups excluding tert-OH is 3. The van der Waals surface area contributed by atoms with E-state index in [0.717, 1.165) is 0 Å². The number of aliphatic hydroxyl groups is 3. The monoisotopic (exact) mass is 337 g/mol. The van der Waals surface area contributed by atoms with Crippen LogP contribution in [0.4, 0.5) is 0 Å². The molecule has 1 aromatic rings. The third-order valence-corrected chi connectivity index (χ3v) is 3.85. The third kappa shape index (κ3) is 2.23. The van der Waals surface area contributed by atoms with Crippen molar-refractivity contribution >= 4 is 15.6 Å². The van der Waals surface area contributed by atoms with E-state index in [1.54, 1.807) is 0 Å². The fraction of sp³-hybridized carbons (Fsp3) is 0.600. The summed E-state index contributed by atoms with van der Waals surface area (Å²) in [6.07, 6.45) is -2.16. The second kappa shape index (κ2) is 5.29. The first kappa shape index (κ1) is 14.6. The molecule has 0 aromatic carbocycles. The van der Waals surface area contributed by atoms with Crippen LogP contribution < -0.4 is 11.3 Å². The Kier molecular flexibility index (Phi) is 4.07. The Bertz CT molecular complexity index is 573. The SMILES string of the molecule is NC[C@@]1(n2ccc(=O)[nH]c2=[Se])O[C@H](CO)[C@@H](O)[C@H]1O. The Morgan fingerprint density at radius 2 is 2.26 bits per heavy atom. The molecule has 8 nitrogen and oxygen atoms in total. The fourth-order valence-corrected chi connectivity index (χ4v) is 2.86. The Labute approximate surface area is 115 Å². The van der Waals surface area contributed by atoms with Crippen LogP contribution >= 0.6 is 0 Å². The van der Waals surface area contributed by atoms with Crippen molar-refractivity contribution in [2.45, 2.75) is 24.0 Å². The van der Waals surface area contributed by atoms with Gasteiger partial charge in [0.15, 0.2) is 0 Å². The standard InChI is InChI=1S/C10H15N3O5Se/c11-4-10(8(17)7(16)5(3-14)18-10)13-2-1-6(15)12-9(13)19/h1-2,5,7-8,14,16-17H,3-4,11H2,(H,12,15,19)/t5-,7-,8-,10-/m1/s1. The predicted octanol–water partition coefficient (Wildman–Crippen LogP) is -3.40. The summed E-state index contributed by atoms with van der Waals surface area (Å²) in [4.78, 5) is 13.7. The first-order chi connectivity index (χ1) is 8.96. The van der Waals surface area contributed by atoms with Gasteiger partial charge in [-0.1, -0.05) is 0 Å². The van der Waals surface area contributed by atoms with Crippen LogP contribution in [-0.2, 0) is 10.5 Å². The van der Waals surface area contributed by atoms with Crippen LogP contribution in [0.2, 0.25) is 0 Å². The first-order valence-electron chi connectivity index (χ1n) is 5.63. The summed E-state index contributed by atoms with van der Waals surface area (Å²) in [7, 11) is 0. The number of nitrogens with one attached hydrogen (secondary N) is 1. The Morgan fingerprint density at radius 1 is 1.58 bits per heavy atom. The van der Waals surface area contributed by atoms with Crippen LogP contribution in [0.15, 0.2) is 17.1 Å². The van der Waals surface area contributed by atoms with Gasteiger partial charge in [0.25, 0.3) is 0 Å². The second-order valence-electron chi connectivity index (χ2n) is 4.30. The van der Waals surface area contributed by atoms with Crippen LogP contribution in [0.25, 0.3) is 0 Å². The van der Waals surface area contributed by atoms with E-state index in [-0.39, 0.29) is 12.1 Å². The van der Waals surface area contributed by atoms with E-state index in [0.29, 0.717) is 4.32 Å². The minimum atomic E-state index is -1.45. The maximum atomic E-state index is 11.2. The zero-order valence-electron chi connectivity index (χ0n) is 9.89. The van der Waals surface area contributed by atoms with Gasteiger partial charge >= 0.3 is 115 Å². The van der Waals surface area contributed by atoms with Gasteiger partial charge in [0.1, 0.15) is 0 Å². The number of aromatic amines is 1. The van der Waals surface area contributed by atoms with Crippen molar-refractivity contribution in [1.82, 2.24) is 9.55 Å². The van der Waals surface area contributed by atoms with Crippen molar-refractivity contribution in [2.24, 2.45) is 5.73 Å². The average molecular weight is 336 g/mol. The van der Waals surface area contributed by atoms with Gasteiger partial charge in [-0.05, 0) is 0 Å². The van der Waals surface area contributed by atoms with Crippen LogP contribution in [0.3, 0.4) is 0 Å². The zero-order chi connectivity index (χ0) is 14.2. The summed E-state index contributed by atoms with van der Waals surface area (Å²) < 4.78 is 7.22. The number of hydrogen-bond acceptors (Lipinski definition) is 6. The van der Waals surface area contributed by atoms with Crippen LogP contribution in [0.5, 0.6) is 0 Å². The van der Waals surface area contributed by atoms with Gasteiger partial charge in [-0.3, -0.25) is 0 Å². The normalized spacial score (nSPS) is 34.6. The van der Waals surface area contributed by atoms with Gasteiger partial charge in [-0.2, -0.15) is 0 Å². The number of nitrogens with two attached hydrogens (primary N) is 1. The molecular weight excluding hydrogens is 321 g/mol. The van der Waals surface area contributed by atoms with E-state index >= 15 is 0 Å². The van der Waals surface area contributed by atoms with Crippen molar-refractivity contribution < 1.29 is 20.1 Å². The minimum absolute atomic E-state index is 0.146. The molecule has 0 aliphatic carbocycles. The van der Waals surface area contributed by atoms with E-state index in [2.05, 4.69) is 20.6 Å². The van der Waals surface area contributed by atoms with E-state index < -0.39 is 30.6 Å². The third-order valence-electron chi connectivity index (χ3n) is 3.23. The Hall–Kier alpha value is -0.801. The predicted molar refractivity (Wildman–Crippen MR) is 65.1 cm³/mol. The topological polar surface area (TPSA) is 134 Å². The van der Waals surface area contributed by atoms with Gasteiger partial charge in [0.05, 0.1) is 0 Å². The molecule has 9 heteroatoms. The maximum absolute atomic E-state index is 11.2. The van der Waals surface area contributed by atoms with Crippen molar-refractivity contribution in [3.05, 3.63) is 26.9 Å². The quantitative estimate of drug-likeness (QED) is 0.366. The molecule has 1 saturated heterocycles. The molecule has 106 valence electrons. The van der Waals surface area contributed by atoms with Gasteiger partial charge in [-0.15, -0.1) is 0 Å². The van der Waals surface area contributed by atoms with Gasteiger partial charge < -0.3 is 0 Å². The number of hydrogen-bond donors (Lipinski definition) is 5. The molecule has 2 rings (SSSR count). The molecule has 0 radical (unpaired) electrons. The summed E-state index contributed by atoms with van der Waals surface area (Å²) in [5.74, 6) is 0. The molecule has 0 saturated carbocycles. The van der Waals surface area contributed by atoms with Crippen LogP contribution in [-0.4, -0.2) is 71.9 Å². The van der Waals surface area contributed by atoms with Gasteiger partial charge in [0, 0.05) is 0 Å². The van der Waals surface area contributed by atoms with Gasteiger partial charge in [0.2, 0.25) is 0 Å². The summed E-state index contributed by atoms with van der Waals surface area (Å²) in [6, 6.07) is 1.24. The molecule has 1 fully saturated rings. The Morgan fingerprint density at radius 3 is 2.74 bits per heavy atom. The van der Waals surface area contributed by atoms with Crippen molar-refractivity contribution in [3.8, 4) is 0 Å². The zero-order valence-corrected chi connectivity index (χ0v) is 11.6. The molecule has 4 atom stereocenters. The summed E-state index contributed by atoms with van der Waals surface area (Å²) in [5, 5.41) is 29.1. The van der Waals surface area contributed by atoms with Gasteiger partial charge in [-0.25, -0.2) is 0 Å². The van der Waals surface area contributed by atoms with E-state index in [4.69, 9.17) is 15.6 Å². The summed E-state index contributed by atoms with van der Waals surface area (Å²) >= 11 is 2.63. The summed E-state index contributed by atoms with van der Waals surface area (Å²) in [5.41, 5.74) is 3.90. The van der Waals surface area contributed by atoms with Crippen LogP contribution in [0.1, 0.15) is 0 Å². The molecule has 1 aromatic heterocycles. The molecule has 1 aliphatic heterocycles. The van der Waals surface area contributed by atoms with Crippen molar-refractivity contribution in [2.75, 3.05) is 13.2 Å². The average Bonchev–Trinajstić information content (AvgIpc) is 2.64. The molecule has 6 N–H and O–H groups in total. The van der Waals surface area contributed by atoms with E-state index in [1.165, 1.54) is 16.8 Å². The molecule has 1 aliphatic rings. The Balaban J connectivity index is 2.55. The van der Waals surface area contributed by atoms with Crippen molar-refractivity contribution in [1.29, 1.82) is 0 Å². The van der Waals surface area contributed by atoms with E-state index in [1.807, 2.05) is 0 Å². The van der Waals surface area contributed by atoms with E-state index in [9.17, 15) is 15.0 Å². The molecule has 2 heterocycles. The molecule has 0 amide bonds. The number of ether oxygens (including phenoxy) is 1. The number of H-pyrrole nitrogens is 1. The van der Waals surface area contributed by atoms with Crippen molar-refractivity contribution in [3.63, 3.8) is 0 Å². The molecule has 0 unspecified atom stereocenters. The molecular formula is C10H15N3O5Se. The number of rotatable bonds is 3. The molecule has 0 spiro atoms. The first-order valence-corrected chi connectivity index (χ1v) is 6.49.